The van der Waals surface area contributed by atoms with Crippen LogP contribution in [0, 0.1) is 12.8 Å². The third-order valence-corrected chi connectivity index (χ3v) is 7.49. The predicted octanol–water partition coefficient (Wildman–Crippen LogP) is 3.67. The van der Waals surface area contributed by atoms with Gasteiger partial charge in [-0.2, -0.15) is 0 Å². The van der Waals surface area contributed by atoms with E-state index in [0.717, 1.165) is 48.6 Å². The quantitative estimate of drug-likeness (QED) is 0.673. The Morgan fingerprint density at radius 3 is 2.58 bits per heavy atom. The highest BCUT2D eigenvalue weighted by Gasteiger charge is 2.48. The van der Waals surface area contributed by atoms with Gasteiger partial charge in [0.25, 0.3) is 0 Å². The molecule has 0 radical (unpaired) electrons. The standard InChI is InChI=1S/C23H30N4O3S/c1-15-13-25-20(31-15)17-6-10-24-14-19(17)26-11-7-16(8-12-26)21(28)27-18(22(29)30-4)5-9-23(27,2)3/h6,10,13-14,16,18H,5,7-9,11-12H2,1-4H3/t18-/m0/s1. The second kappa shape index (κ2) is 8.57. The van der Waals surface area contributed by atoms with Gasteiger partial charge in [0.2, 0.25) is 5.91 Å². The lowest BCUT2D eigenvalue weighted by atomic mass is 9.92. The molecule has 0 unspecified atom stereocenters. The van der Waals surface area contributed by atoms with Gasteiger partial charge in [0.05, 0.1) is 19.0 Å². The van der Waals surface area contributed by atoms with Crippen molar-refractivity contribution in [1.82, 2.24) is 14.9 Å². The topological polar surface area (TPSA) is 75.6 Å². The summed E-state index contributed by atoms with van der Waals surface area (Å²) in [5.74, 6) is -0.308. The Morgan fingerprint density at radius 1 is 1.19 bits per heavy atom. The summed E-state index contributed by atoms with van der Waals surface area (Å²) in [6.07, 6.45) is 8.57. The van der Waals surface area contributed by atoms with Gasteiger partial charge >= 0.3 is 5.97 Å². The van der Waals surface area contributed by atoms with Crippen molar-refractivity contribution in [3.05, 3.63) is 29.5 Å². The van der Waals surface area contributed by atoms with Gasteiger partial charge in [0.15, 0.2) is 0 Å². The van der Waals surface area contributed by atoms with E-state index >= 15 is 0 Å². The smallest absolute Gasteiger partial charge is 0.328 e. The number of aromatic nitrogens is 2. The maximum Gasteiger partial charge on any atom is 0.328 e. The highest BCUT2D eigenvalue weighted by Crippen LogP contribution is 2.38. The number of carbonyl (C=O) groups is 2. The van der Waals surface area contributed by atoms with E-state index in [4.69, 9.17) is 4.74 Å². The highest BCUT2D eigenvalue weighted by atomic mass is 32.1. The van der Waals surface area contributed by atoms with Gasteiger partial charge in [-0.3, -0.25) is 9.78 Å². The summed E-state index contributed by atoms with van der Waals surface area (Å²) in [6.45, 7) is 7.69. The van der Waals surface area contributed by atoms with Crippen LogP contribution in [0.15, 0.2) is 24.7 Å². The molecule has 2 aliphatic heterocycles. The molecule has 166 valence electrons. The maximum absolute atomic E-state index is 13.5. The first kappa shape index (κ1) is 21.7. The number of carbonyl (C=O) groups excluding carboxylic acids is 2. The van der Waals surface area contributed by atoms with Gasteiger partial charge in [-0.15, -0.1) is 11.3 Å². The van der Waals surface area contributed by atoms with Crippen LogP contribution in [0.3, 0.4) is 0 Å². The number of aryl methyl sites for hydroxylation is 1. The predicted molar refractivity (Wildman–Crippen MR) is 121 cm³/mol. The van der Waals surface area contributed by atoms with Gasteiger partial charge in [-0.05, 0) is 52.5 Å². The summed E-state index contributed by atoms with van der Waals surface area (Å²) in [7, 11) is 1.39. The van der Waals surface area contributed by atoms with Crippen LogP contribution in [-0.2, 0) is 14.3 Å². The number of nitrogens with zero attached hydrogens (tertiary/aromatic N) is 4. The number of anilines is 1. The van der Waals surface area contributed by atoms with Crippen molar-refractivity contribution in [3.8, 4) is 10.6 Å². The number of esters is 1. The maximum atomic E-state index is 13.5. The highest BCUT2D eigenvalue weighted by molar-refractivity contribution is 7.15. The number of hydrogen-bond donors (Lipinski definition) is 0. The van der Waals surface area contributed by atoms with Crippen LogP contribution >= 0.6 is 11.3 Å². The molecule has 2 aromatic heterocycles. The molecule has 0 spiro atoms. The molecule has 0 aromatic carbocycles. The zero-order valence-corrected chi connectivity index (χ0v) is 19.4. The molecule has 8 heteroatoms. The lowest BCUT2D eigenvalue weighted by Crippen LogP contribution is -2.53. The molecule has 0 aliphatic carbocycles. The van der Waals surface area contributed by atoms with E-state index in [0.29, 0.717) is 6.42 Å². The van der Waals surface area contributed by atoms with Crippen LogP contribution in [0.2, 0.25) is 0 Å². The van der Waals surface area contributed by atoms with Crippen LogP contribution in [0.25, 0.3) is 10.6 Å². The lowest BCUT2D eigenvalue weighted by molar-refractivity contribution is -0.156. The Labute approximate surface area is 187 Å². The molecule has 2 fully saturated rings. The number of thiazole rings is 1. The molecule has 0 N–H and O–H groups in total. The number of likely N-dealkylation sites (tertiary alicyclic amines) is 1. The minimum atomic E-state index is -0.469. The van der Waals surface area contributed by atoms with Crippen molar-refractivity contribution in [3.63, 3.8) is 0 Å². The molecule has 1 amide bonds. The summed E-state index contributed by atoms with van der Waals surface area (Å²) in [5, 5.41) is 0.993. The van der Waals surface area contributed by atoms with Gasteiger partial charge in [0, 0.05) is 47.4 Å². The molecular formula is C23H30N4O3S. The van der Waals surface area contributed by atoms with E-state index in [1.165, 1.54) is 12.0 Å². The van der Waals surface area contributed by atoms with E-state index in [-0.39, 0.29) is 23.3 Å². The molecule has 2 aliphatic rings. The Hall–Kier alpha value is -2.48. The van der Waals surface area contributed by atoms with Crippen molar-refractivity contribution >= 4 is 28.9 Å². The molecule has 0 saturated carbocycles. The van der Waals surface area contributed by atoms with Crippen LogP contribution in [0.5, 0.6) is 0 Å². The van der Waals surface area contributed by atoms with Gasteiger partial charge in [-0.1, -0.05) is 0 Å². The van der Waals surface area contributed by atoms with Gasteiger partial charge < -0.3 is 14.5 Å². The zero-order valence-electron chi connectivity index (χ0n) is 18.6. The Balaban J connectivity index is 1.48. The fourth-order valence-corrected chi connectivity index (χ4v) is 5.63. The van der Waals surface area contributed by atoms with Crippen molar-refractivity contribution in [2.45, 2.75) is 58.0 Å². The van der Waals surface area contributed by atoms with Crippen molar-refractivity contribution < 1.29 is 14.3 Å². The SMILES string of the molecule is COC(=O)[C@@H]1CCC(C)(C)N1C(=O)C1CCN(c2cnccc2-c2ncc(C)s2)CC1. The van der Waals surface area contributed by atoms with Crippen molar-refractivity contribution in [2.75, 3.05) is 25.1 Å². The van der Waals surface area contributed by atoms with Crippen molar-refractivity contribution in [2.24, 2.45) is 5.92 Å². The fraction of sp³-hybridized carbons (Fsp3) is 0.565. The van der Waals surface area contributed by atoms with Crippen LogP contribution in [0.4, 0.5) is 5.69 Å². The number of rotatable bonds is 4. The first-order chi connectivity index (χ1) is 14.8. The van der Waals surface area contributed by atoms with E-state index < -0.39 is 6.04 Å². The number of methoxy groups -OCH3 is 1. The molecule has 4 heterocycles. The molecule has 31 heavy (non-hydrogen) atoms. The van der Waals surface area contributed by atoms with Crippen LogP contribution < -0.4 is 4.90 Å². The number of piperidine rings is 1. The summed E-state index contributed by atoms with van der Waals surface area (Å²) in [4.78, 5) is 39.9. The molecule has 2 aromatic rings. The van der Waals surface area contributed by atoms with Crippen molar-refractivity contribution in [1.29, 1.82) is 0 Å². The Bertz CT molecular complexity index is 965. The fourth-order valence-electron chi connectivity index (χ4n) is 4.83. The number of ether oxygens (including phenoxy) is 1. The molecule has 1 atom stereocenters. The van der Waals surface area contributed by atoms with Gasteiger partial charge in [-0.25, -0.2) is 9.78 Å². The lowest BCUT2D eigenvalue weighted by Gasteiger charge is -2.40. The normalized spacial score (nSPS) is 21.4. The third-order valence-electron chi connectivity index (χ3n) is 6.54. The van der Waals surface area contributed by atoms with E-state index in [1.54, 1.807) is 22.4 Å². The number of amides is 1. The molecular weight excluding hydrogens is 412 g/mol. The first-order valence-corrected chi connectivity index (χ1v) is 11.7. The largest absolute Gasteiger partial charge is 0.467 e. The summed E-state index contributed by atoms with van der Waals surface area (Å²) < 4.78 is 4.97. The summed E-state index contributed by atoms with van der Waals surface area (Å²) >= 11 is 1.68. The minimum Gasteiger partial charge on any atom is -0.467 e. The molecule has 7 nitrogen and oxygen atoms in total. The second-order valence-corrected chi connectivity index (χ2v) is 10.3. The number of pyridine rings is 1. The van der Waals surface area contributed by atoms with E-state index in [1.807, 2.05) is 32.3 Å². The third kappa shape index (κ3) is 4.18. The van der Waals surface area contributed by atoms with Gasteiger partial charge in [0.1, 0.15) is 11.0 Å². The minimum absolute atomic E-state index is 0.0805. The summed E-state index contributed by atoms with van der Waals surface area (Å²) in [6, 6.07) is 1.54. The summed E-state index contributed by atoms with van der Waals surface area (Å²) in [5.41, 5.74) is 1.83. The molecule has 2 saturated heterocycles. The number of hydrogen-bond acceptors (Lipinski definition) is 7. The molecule has 4 rings (SSSR count). The first-order valence-electron chi connectivity index (χ1n) is 10.8. The monoisotopic (exact) mass is 442 g/mol. The van der Waals surface area contributed by atoms with E-state index in [9.17, 15) is 9.59 Å². The Kier molecular flexibility index (Phi) is 6.01. The van der Waals surface area contributed by atoms with E-state index in [2.05, 4.69) is 21.8 Å². The zero-order chi connectivity index (χ0) is 22.2. The Morgan fingerprint density at radius 2 is 1.94 bits per heavy atom. The van der Waals surface area contributed by atoms with Crippen LogP contribution in [0.1, 0.15) is 44.4 Å². The van der Waals surface area contributed by atoms with Crippen LogP contribution in [-0.4, -0.2) is 58.5 Å². The second-order valence-electron chi connectivity index (χ2n) is 9.03. The average molecular weight is 443 g/mol. The average Bonchev–Trinajstić information content (AvgIpc) is 3.35. The molecule has 0 bridgehead atoms.